The van der Waals surface area contributed by atoms with Crippen LogP contribution < -0.4 is 0 Å². The van der Waals surface area contributed by atoms with Gasteiger partial charge in [-0.05, 0) is 29.8 Å². The summed E-state index contributed by atoms with van der Waals surface area (Å²) in [5, 5.41) is 0. The van der Waals surface area contributed by atoms with Crippen molar-refractivity contribution in [2.24, 2.45) is 0 Å². The number of rotatable bonds is 3. The number of hydrogen-bond donors (Lipinski definition) is 0. The molecular weight excluding hydrogens is 304 g/mol. The second-order valence-corrected chi connectivity index (χ2v) is 5.29. The Bertz CT molecular complexity index is 731. The number of carbonyl (C=O) groups excluding carboxylic acids is 1. The first kappa shape index (κ1) is 12.1. The van der Waals surface area contributed by atoms with Crippen LogP contribution in [0.1, 0.15) is 21.6 Å². The highest BCUT2D eigenvalue weighted by Gasteiger charge is 2.03. The van der Waals surface area contributed by atoms with Gasteiger partial charge in [-0.15, -0.1) is 0 Å². The third-order valence-corrected chi connectivity index (χ3v) is 3.50. The van der Waals surface area contributed by atoms with Gasteiger partial charge in [-0.25, -0.2) is 4.98 Å². The van der Waals surface area contributed by atoms with Gasteiger partial charge >= 0.3 is 0 Å². The molecule has 0 fully saturated rings. The molecule has 0 saturated heterocycles. The zero-order chi connectivity index (χ0) is 13.2. The molecule has 3 aromatic rings. The van der Waals surface area contributed by atoms with E-state index in [1.807, 2.05) is 28.9 Å². The fraction of sp³-hybridized carbons (Fsp3) is 0.0667. The first-order chi connectivity index (χ1) is 9.24. The van der Waals surface area contributed by atoms with Gasteiger partial charge in [0, 0.05) is 28.9 Å². The molecule has 1 aromatic carbocycles. The molecule has 0 aliphatic heterocycles. The Morgan fingerprint density at radius 1 is 1.21 bits per heavy atom. The summed E-state index contributed by atoms with van der Waals surface area (Å²) >= 11 is 3.42. The predicted molar refractivity (Wildman–Crippen MR) is 77.5 cm³/mol. The zero-order valence-corrected chi connectivity index (χ0v) is 11.7. The van der Waals surface area contributed by atoms with E-state index in [4.69, 9.17) is 0 Å². The van der Waals surface area contributed by atoms with E-state index in [9.17, 15) is 4.79 Å². The summed E-state index contributed by atoms with van der Waals surface area (Å²) in [5.74, 6) is 0. The van der Waals surface area contributed by atoms with E-state index in [-0.39, 0.29) is 0 Å². The average Bonchev–Trinajstić information content (AvgIpc) is 2.82. The van der Waals surface area contributed by atoms with E-state index in [1.54, 1.807) is 12.1 Å². The van der Waals surface area contributed by atoms with Crippen LogP contribution in [0.2, 0.25) is 0 Å². The lowest BCUT2D eigenvalue weighted by atomic mass is 10.1. The van der Waals surface area contributed by atoms with Gasteiger partial charge < -0.3 is 4.40 Å². The molecule has 3 nitrogen and oxygen atoms in total. The van der Waals surface area contributed by atoms with Crippen molar-refractivity contribution in [3.05, 3.63) is 70.1 Å². The maximum Gasteiger partial charge on any atom is 0.150 e. The van der Waals surface area contributed by atoms with Crippen molar-refractivity contribution in [3.8, 4) is 0 Å². The standard InChI is InChI=1S/C15H11BrN2O/c16-13-3-1-11(2-4-13)7-14-9-18-6-5-12(10-19)8-15(18)17-14/h1-6,8-10H,7H2. The minimum atomic E-state index is 0.647. The van der Waals surface area contributed by atoms with E-state index in [0.717, 1.165) is 28.5 Å². The second-order valence-electron chi connectivity index (χ2n) is 4.38. The molecule has 2 aromatic heterocycles. The molecule has 0 atom stereocenters. The van der Waals surface area contributed by atoms with Gasteiger partial charge in [0.1, 0.15) is 11.9 Å². The summed E-state index contributed by atoms with van der Waals surface area (Å²) in [4.78, 5) is 15.3. The summed E-state index contributed by atoms with van der Waals surface area (Å²) in [6.07, 6.45) is 5.47. The number of aldehydes is 1. The lowest BCUT2D eigenvalue weighted by Crippen LogP contribution is -1.87. The molecule has 19 heavy (non-hydrogen) atoms. The first-order valence-corrected chi connectivity index (χ1v) is 6.71. The van der Waals surface area contributed by atoms with Crippen molar-refractivity contribution in [2.45, 2.75) is 6.42 Å². The molecule has 0 unspecified atom stereocenters. The van der Waals surface area contributed by atoms with Crippen LogP contribution in [0.5, 0.6) is 0 Å². The topological polar surface area (TPSA) is 34.4 Å². The molecule has 0 bridgehead atoms. The van der Waals surface area contributed by atoms with Crippen molar-refractivity contribution >= 4 is 27.9 Å². The molecule has 94 valence electrons. The van der Waals surface area contributed by atoms with Crippen LogP contribution in [-0.2, 0) is 6.42 Å². The summed E-state index contributed by atoms with van der Waals surface area (Å²) < 4.78 is 3.00. The molecule has 3 rings (SSSR count). The fourth-order valence-electron chi connectivity index (χ4n) is 2.02. The Morgan fingerprint density at radius 3 is 2.74 bits per heavy atom. The molecule has 0 spiro atoms. The second kappa shape index (κ2) is 4.97. The summed E-state index contributed by atoms with van der Waals surface area (Å²) in [7, 11) is 0. The lowest BCUT2D eigenvalue weighted by molar-refractivity contribution is 0.112. The van der Waals surface area contributed by atoms with Crippen LogP contribution in [0.15, 0.2) is 53.3 Å². The first-order valence-electron chi connectivity index (χ1n) is 5.92. The summed E-state index contributed by atoms with van der Waals surface area (Å²) in [6, 6.07) is 11.8. The molecule has 0 aliphatic carbocycles. The SMILES string of the molecule is O=Cc1ccn2cc(Cc3ccc(Br)cc3)nc2c1. The van der Waals surface area contributed by atoms with E-state index < -0.39 is 0 Å². The van der Waals surface area contributed by atoms with Crippen LogP contribution in [-0.4, -0.2) is 15.7 Å². The quantitative estimate of drug-likeness (QED) is 0.693. The molecule has 4 heteroatoms. The number of hydrogen-bond acceptors (Lipinski definition) is 2. The number of carbonyl (C=O) groups is 1. The van der Waals surface area contributed by atoms with Crippen molar-refractivity contribution in [1.29, 1.82) is 0 Å². The number of halogens is 1. The van der Waals surface area contributed by atoms with E-state index in [2.05, 4.69) is 33.0 Å². The van der Waals surface area contributed by atoms with Crippen molar-refractivity contribution in [3.63, 3.8) is 0 Å². The van der Waals surface area contributed by atoms with Gasteiger partial charge in [0.15, 0.2) is 0 Å². The highest BCUT2D eigenvalue weighted by atomic mass is 79.9. The van der Waals surface area contributed by atoms with Crippen molar-refractivity contribution in [1.82, 2.24) is 9.38 Å². The smallest absolute Gasteiger partial charge is 0.150 e. The lowest BCUT2D eigenvalue weighted by Gasteiger charge is -1.97. The van der Waals surface area contributed by atoms with Gasteiger partial charge in [-0.1, -0.05) is 28.1 Å². The molecule has 0 N–H and O–H groups in total. The van der Waals surface area contributed by atoms with E-state index >= 15 is 0 Å². The Kier molecular flexibility index (Phi) is 3.17. The molecule has 2 heterocycles. The number of benzene rings is 1. The minimum Gasteiger partial charge on any atom is -0.307 e. The third-order valence-electron chi connectivity index (χ3n) is 2.97. The van der Waals surface area contributed by atoms with E-state index in [0.29, 0.717) is 5.56 Å². The van der Waals surface area contributed by atoms with Crippen LogP contribution in [0.3, 0.4) is 0 Å². The molecular formula is C15H11BrN2O. The highest BCUT2D eigenvalue weighted by Crippen LogP contribution is 2.15. The Morgan fingerprint density at radius 2 is 2.00 bits per heavy atom. The Hall–Kier alpha value is -1.94. The summed E-state index contributed by atoms with van der Waals surface area (Å²) in [5.41, 5.74) is 3.65. The van der Waals surface area contributed by atoms with Crippen molar-refractivity contribution in [2.75, 3.05) is 0 Å². The third kappa shape index (κ3) is 2.58. The van der Waals surface area contributed by atoms with Crippen LogP contribution in [0.4, 0.5) is 0 Å². The number of pyridine rings is 1. The average molecular weight is 315 g/mol. The zero-order valence-electron chi connectivity index (χ0n) is 10.1. The Labute approximate surface area is 119 Å². The number of imidazole rings is 1. The van der Waals surface area contributed by atoms with Gasteiger partial charge in [0.05, 0.1) is 5.69 Å². The van der Waals surface area contributed by atoms with Gasteiger partial charge in [-0.2, -0.15) is 0 Å². The molecule has 0 aliphatic rings. The number of fused-ring (bicyclic) bond motifs is 1. The van der Waals surface area contributed by atoms with Crippen molar-refractivity contribution < 1.29 is 4.79 Å². The Balaban J connectivity index is 1.92. The van der Waals surface area contributed by atoms with Crippen LogP contribution in [0.25, 0.3) is 5.65 Å². The van der Waals surface area contributed by atoms with Gasteiger partial charge in [0.25, 0.3) is 0 Å². The monoisotopic (exact) mass is 314 g/mol. The number of aromatic nitrogens is 2. The van der Waals surface area contributed by atoms with Gasteiger partial charge in [0.2, 0.25) is 0 Å². The van der Waals surface area contributed by atoms with E-state index in [1.165, 1.54) is 5.56 Å². The van der Waals surface area contributed by atoms with Crippen LogP contribution in [0, 0.1) is 0 Å². The fourth-order valence-corrected chi connectivity index (χ4v) is 2.28. The largest absolute Gasteiger partial charge is 0.307 e. The minimum absolute atomic E-state index is 0.647. The number of nitrogens with zero attached hydrogens (tertiary/aromatic N) is 2. The van der Waals surface area contributed by atoms with Crippen LogP contribution >= 0.6 is 15.9 Å². The highest BCUT2D eigenvalue weighted by molar-refractivity contribution is 9.10. The predicted octanol–water partition coefficient (Wildman–Crippen LogP) is 3.50. The van der Waals surface area contributed by atoms with Gasteiger partial charge in [-0.3, -0.25) is 4.79 Å². The molecule has 0 amide bonds. The maximum absolute atomic E-state index is 10.7. The molecule has 0 radical (unpaired) electrons. The molecule has 0 saturated carbocycles. The maximum atomic E-state index is 10.7. The summed E-state index contributed by atoms with van der Waals surface area (Å²) in [6.45, 7) is 0. The normalized spacial score (nSPS) is 10.8.